The van der Waals surface area contributed by atoms with E-state index in [1.807, 2.05) is 12.1 Å². The minimum absolute atomic E-state index is 0.618. The van der Waals surface area contributed by atoms with Gasteiger partial charge in [-0.25, -0.2) is 0 Å². The average molecular weight is 576 g/mol. The van der Waals surface area contributed by atoms with Crippen LogP contribution in [0.4, 0.5) is 26.3 Å². The lowest BCUT2D eigenvalue weighted by Crippen LogP contribution is -2.03. The molecule has 0 aromatic heterocycles. The molecule has 0 saturated carbocycles. The SMILES string of the molecule is FC(F)(F)c1ccc(/C=C/c2cc(Br)c(/C=C/c3ccc(C(F)(F)F)cc3)cc2Br)cc1. The van der Waals surface area contributed by atoms with Gasteiger partial charge in [0.2, 0.25) is 0 Å². The van der Waals surface area contributed by atoms with Gasteiger partial charge >= 0.3 is 12.4 Å². The van der Waals surface area contributed by atoms with Crippen molar-refractivity contribution in [3.8, 4) is 0 Å². The largest absolute Gasteiger partial charge is 0.416 e. The van der Waals surface area contributed by atoms with Gasteiger partial charge in [0.25, 0.3) is 0 Å². The van der Waals surface area contributed by atoms with Crippen molar-refractivity contribution in [3.05, 3.63) is 103 Å². The highest BCUT2D eigenvalue weighted by Crippen LogP contribution is 2.32. The minimum Gasteiger partial charge on any atom is -0.166 e. The Morgan fingerprint density at radius 1 is 0.500 bits per heavy atom. The van der Waals surface area contributed by atoms with Crippen LogP contribution in [0.15, 0.2) is 69.6 Å². The van der Waals surface area contributed by atoms with Crippen molar-refractivity contribution < 1.29 is 26.3 Å². The molecule has 3 aromatic rings. The van der Waals surface area contributed by atoms with Gasteiger partial charge in [-0.3, -0.25) is 0 Å². The summed E-state index contributed by atoms with van der Waals surface area (Å²) in [5, 5.41) is 0. The number of alkyl halides is 6. The molecule has 0 aliphatic heterocycles. The van der Waals surface area contributed by atoms with E-state index in [9.17, 15) is 26.3 Å². The van der Waals surface area contributed by atoms with E-state index in [0.29, 0.717) is 11.1 Å². The molecular weight excluding hydrogens is 562 g/mol. The second-order valence-electron chi connectivity index (χ2n) is 6.80. The zero-order chi connectivity index (χ0) is 23.5. The van der Waals surface area contributed by atoms with Crippen LogP contribution in [0.5, 0.6) is 0 Å². The molecule has 32 heavy (non-hydrogen) atoms. The van der Waals surface area contributed by atoms with E-state index in [1.165, 1.54) is 24.3 Å². The highest BCUT2D eigenvalue weighted by Gasteiger charge is 2.30. The summed E-state index contributed by atoms with van der Waals surface area (Å²) in [5.41, 5.74) is 1.41. The summed E-state index contributed by atoms with van der Waals surface area (Å²) in [4.78, 5) is 0. The number of benzene rings is 3. The van der Waals surface area contributed by atoms with Gasteiger partial charge in [-0.15, -0.1) is 0 Å². The van der Waals surface area contributed by atoms with Crippen LogP contribution in [0.25, 0.3) is 24.3 Å². The third-order valence-corrected chi connectivity index (χ3v) is 5.88. The summed E-state index contributed by atoms with van der Waals surface area (Å²) in [6.45, 7) is 0. The first-order valence-electron chi connectivity index (χ1n) is 9.13. The Kier molecular flexibility index (Phi) is 7.35. The molecule has 0 heterocycles. The average Bonchev–Trinajstić information content (AvgIpc) is 2.72. The van der Waals surface area contributed by atoms with Gasteiger partial charge in [0.15, 0.2) is 0 Å². The first-order valence-corrected chi connectivity index (χ1v) is 10.7. The highest BCUT2D eigenvalue weighted by molar-refractivity contribution is 9.11. The first-order chi connectivity index (χ1) is 14.9. The van der Waals surface area contributed by atoms with E-state index in [4.69, 9.17) is 0 Å². The second-order valence-corrected chi connectivity index (χ2v) is 8.51. The van der Waals surface area contributed by atoms with E-state index in [1.54, 1.807) is 24.3 Å². The fourth-order valence-corrected chi connectivity index (χ4v) is 3.76. The molecule has 0 amide bonds. The predicted octanol–water partition coefficient (Wildman–Crippen LogP) is 9.59. The molecule has 0 atom stereocenters. The van der Waals surface area contributed by atoms with Crippen LogP contribution in [0.3, 0.4) is 0 Å². The van der Waals surface area contributed by atoms with Gasteiger partial charge in [-0.1, -0.05) is 80.4 Å². The lowest BCUT2D eigenvalue weighted by Gasteiger charge is -2.07. The molecule has 0 N–H and O–H groups in total. The van der Waals surface area contributed by atoms with Crippen molar-refractivity contribution in [1.82, 2.24) is 0 Å². The fraction of sp³-hybridized carbons (Fsp3) is 0.0833. The van der Waals surface area contributed by atoms with Gasteiger partial charge in [-0.05, 0) is 58.7 Å². The Morgan fingerprint density at radius 3 is 1.09 bits per heavy atom. The van der Waals surface area contributed by atoms with Crippen molar-refractivity contribution in [2.24, 2.45) is 0 Å². The molecular formula is C24H14Br2F6. The van der Waals surface area contributed by atoms with Gasteiger partial charge in [0, 0.05) is 8.95 Å². The Morgan fingerprint density at radius 2 is 0.812 bits per heavy atom. The monoisotopic (exact) mass is 574 g/mol. The molecule has 8 heteroatoms. The summed E-state index contributed by atoms with van der Waals surface area (Å²) in [5.74, 6) is 0. The van der Waals surface area contributed by atoms with Gasteiger partial charge in [0.1, 0.15) is 0 Å². The summed E-state index contributed by atoms with van der Waals surface area (Å²) < 4.78 is 77.5. The summed E-state index contributed by atoms with van der Waals surface area (Å²) >= 11 is 6.94. The van der Waals surface area contributed by atoms with Crippen molar-refractivity contribution in [2.45, 2.75) is 12.4 Å². The van der Waals surface area contributed by atoms with Crippen LogP contribution in [0.2, 0.25) is 0 Å². The maximum atomic E-state index is 12.7. The maximum Gasteiger partial charge on any atom is 0.416 e. The molecule has 0 nitrogen and oxygen atoms in total. The number of hydrogen-bond donors (Lipinski definition) is 0. The van der Waals surface area contributed by atoms with Crippen LogP contribution in [0.1, 0.15) is 33.4 Å². The zero-order valence-electron chi connectivity index (χ0n) is 16.1. The number of halogens is 8. The summed E-state index contributed by atoms with van der Waals surface area (Å²) in [7, 11) is 0. The Balaban J connectivity index is 1.76. The van der Waals surface area contributed by atoms with Crippen LogP contribution in [-0.4, -0.2) is 0 Å². The number of rotatable bonds is 4. The van der Waals surface area contributed by atoms with E-state index in [2.05, 4.69) is 31.9 Å². The van der Waals surface area contributed by atoms with Crippen molar-refractivity contribution >= 4 is 56.2 Å². The van der Waals surface area contributed by atoms with Crippen molar-refractivity contribution in [1.29, 1.82) is 0 Å². The standard InChI is InChI=1S/C24H14Br2F6/c25-21-14-18(8-2-16-5-11-20(12-6-16)24(30,31)32)22(26)13-17(21)7-1-15-3-9-19(10-4-15)23(27,28)29/h1-14H/b7-1+,8-2+. The molecule has 0 fully saturated rings. The third-order valence-electron chi connectivity index (χ3n) is 4.50. The molecule has 0 saturated heterocycles. The molecule has 0 bridgehead atoms. The molecule has 0 spiro atoms. The van der Waals surface area contributed by atoms with Crippen molar-refractivity contribution in [3.63, 3.8) is 0 Å². The topological polar surface area (TPSA) is 0 Å². The molecule has 3 aromatic carbocycles. The molecule has 3 rings (SSSR count). The maximum absolute atomic E-state index is 12.7. The molecule has 0 unspecified atom stereocenters. The smallest absolute Gasteiger partial charge is 0.166 e. The first kappa shape index (κ1) is 24.3. The van der Waals surface area contributed by atoms with Crippen LogP contribution < -0.4 is 0 Å². The van der Waals surface area contributed by atoms with E-state index in [0.717, 1.165) is 44.3 Å². The van der Waals surface area contributed by atoms with Gasteiger partial charge in [-0.2, -0.15) is 26.3 Å². The Hall–Kier alpha value is -2.32. The summed E-state index contributed by atoms with van der Waals surface area (Å²) in [6, 6.07) is 13.3. The van der Waals surface area contributed by atoms with E-state index >= 15 is 0 Å². The van der Waals surface area contributed by atoms with Crippen LogP contribution in [-0.2, 0) is 12.4 Å². The molecule has 0 aliphatic rings. The van der Waals surface area contributed by atoms with Crippen molar-refractivity contribution in [2.75, 3.05) is 0 Å². The van der Waals surface area contributed by atoms with Crippen LogP contribution in [0, 0.1) is 0 Å². The third kappa shape index (κ3) is 6.36. The fourth-order valence-electron chi connectivity index (χ4n) is 2.77. The molecule has 0 aliphatic carbocycles. The quantitative estimate of drug-likeness (QED) is 0.215. The second kappa shape index (κ2) is 9.67. The highest BCUT2D eigenvalue weighted by atomic mass is 79.9. The normalized spacial score (nSPS) is 12.8. The van der Waals surface area contributed by atoms with E-state index < -0.39 is 23.5 Å². The predicted molar refractivity (Wildman–Crippen MR) is 123 cm³/mol. The molecule has 0 radical (unpaired) electrons. The van der Waals surface area contributed by atoms with E-state index in [-0.39, 0.29) is 0 Å². The van der Waals surface area contributed by atoms with Gasteiger partial charge < -0.3 is 0 Å². The minimum atomic E-state index is -4.38. The van der Waals surface area contributed by atoms with Crippen LogP contribution >= 0.6 is 31.9 Å². The zero-order valence-corrected chi connectivity index (χ0v) is 19.3. The Labute approximate surface area is 197 Å². The Bertz CT molecular complexity index is 1050. The lowest BCUT2D eigenvalue weighted by molar-refractivity contribution is -0.138. The van der Waals surface area contributed by atoms with Gasteiger partial charge in [0.05, 0.1) is 11.1 Å². The lowest BCUT2D eigenvalue weighted by atomic mass is 10.1. The molecule has 166 valence electrons. The summed E-state index contributed by atoms with van der Waals surface area (Å²) in [6.07, 6.45) is -1.82. The number of hydrogen-bond acceptors (Lipinski definition) is 0.